The molecule has 3 radical (unpaired) electrons. The Hall–Kier alpha value is -0.210. The number of unbranched alkanes of at least 4 members (excludes halogenated alkanes) is 1. The van der Waals surface area contributed by atoms with Crippen molar-refractivity contribution < 1.29 is 35.6 Å². The zero-order valence-corrected chi connectivity index (χ0v) is 15.3. The van der Waals surface area contributed by atoms with Crippen LogP contribution in [-0.2, 0) is 32.6 Å². The Bertz CT molecular complexity index is 382. The maximum absolute atomic E-state index is 2.31. The maximum atomic E-state index is 2.31. The average Bonchev–Trinajstić information content (AvgIpc) is 2.70. The number of benzene rings is 1. The molecule has 0 heterocycles. The molecule has 0 amide bonds. The fraction of sp³-hybridized carbons (Fsp3) is 0.400. The zero-order chi connectivity index (χ0) is 11.8. The molecule has 0 bridgehead atoms. The van der Waals surface area contributed by atoms with Gasteiger partial charge in [-0.3, -0.25) is 0 Å². The van der Waals surface area contributed by atoms with E-state index in [0.717, 1.165) is 9.52 Å². The van der Waals surface area contributed by atoms with Gasteiger partial charge in [-0.1, -0.05) is 38.9 Å². The van der Waals surface area contributed by atoms with Crippen molar-refractivity contribution in [3.63, 3.8) is 0 Å². The minimum atomic E-state index is 0. The molecule has 0 aromatic heterocycles. The van der Waals surface area contributed by atoms with E-state index in [1.165, 1.54) is 35.6 Å². The third-order valence-electron chi connectivity index (χ3n) is 2.50. The molecule has 2 rings (SSSR count). The minimum Gasteiger partial charge on any atom is -1.00 e. The summed E-state index contributed by atoms with van der Waals surface area (Å²) >= 11 is 0. The third kappa shape index (κ3) is 8.54. The quantitative estimate of drug-likeness (QED) is 0.472. The van der Waals surface area contributed by atoms with Crippen molar-refractivity contribution >= 4 is 20.3 Å². The molecule has 0 spiro atoms. The molecule has 19 heavy (non-hydrogen) atoms. The fourth-order valence-corrected chi connectivity index (χ4v) is 1.74. The van der Waals surface area contributed by atoms with Crippen LogP contribution in [0.4, 0.5) is 0 Å². The standard InChI is InChI=1S/C13H15.C2H6Si.2FH.Zr/c1-2-3-6-11-9-12-7-4-5-8-13(12)10-11;1-3-2;;;/h4-5,7-10H,2-3,6H2,1H3;1-2H3;2*1H;/q-1;;;;+3/p-2. The normalized spacial score (nSPS) is 8.37. The fourth-order valence-electron chi connectivity index (χ4n) is 1.74. The van der Waals surface area contributed by atoms with E-state index in [-0.39, 0.29) is 35.6 Å². The Morgan fingerprint density at radius 2 is 1.68 bits per heavy atom. The van der Waals surface area contributed by atoms with Crippen molar-refractivity contribution in [2.75, 3.05) is 0 Å². The zero-order valence-electron chi connectivity index (χ0n) is 11.8. The minimum absolute atomic E-state index is 0. The van der Waals surface area contributed by atoms with E-state index in [4.69, 9.17) is 0 Å². The summed E-state index contributed by atoms with van der Waals surface area (Å²) in [6.07, 6.45) is 3.81. The molecule has 2 aromatic carbocycles. The largest absolute Gasteiger partial charge is 3.00 e. The summed E-state index contributed by atoms with van der Waals surface area (Å²) in [5.74, 6) is 0. The third-order valence-corrected chi connectivity index (χ3v) is 2.50. The summed E-state index contributed by atoms with van der Waals surface area (Å²) in [4.78, 5) is 0. The van der Waals surface area contributed by atoms with Crippen molar-refractivity contribution in [3.8, 4) is 0 Å². The SMILES string of the molecule is CCCCc1cc2ccccc2[cH-]1.C[Si]C.[F-].[F-].[Zr+3]. The summed E-state index contributed by atoms with van der Waals surface area (Å²) < 4.78 is 0. The van der Waals surface area contributed by atoms with E-state index in [1.54, 1.807) is 0 Å². The predicted octanol–water partition coefficient (Wildman–Crippen LogP) is -1.31. The first-order valence-corrected chi connectivity index (χ1v) is 8.04. The van der Waals surface area contributed by atoms with E-state index >= 15 is 0 Å². The van der Waals surface area contributed by atoms with Crippen molar-refractivity contribution in [1.29, 1.82) is 0 Å². The molecular formula is C15H21F2SiZr. The Morgan fingerprint density at radius 3 is 2.21 bits per heavy atom. The first-order chi connectivity index (χ1) is 7.81. The van der Waals surface area contributed by atoms with E-state index < -0.39 is 0 Å². The van der Waals surface area contributed by atoms with Gasteiger partial charge in [0, 0.05) is 9.52 Å². The van der Waals surface area contributed by atoms with Gasteiger partial charge in [-0.25, -0.2) is 0 Å². The van der Waals surface area contributed by atoms with Gasteiger partial charge in [0.25, 0.3) is 0 Å². The molecule has 0 aliphatic heterocycles. The smallest absolute Gasteiger partial charge is 1.00 e. The van der Waals surface area contributed by atoms with Gasteiger partial charge in [0.2, 0.25) is 0 Å². The van der Waals surface area contributed by atoms with Gasteiger partial charge in [-0.2, -0.15) is 6.07 Å². The Kier molecular flexibility index (Phi) is 17.8. The van der Waals surface area contributed by atoms with Crippen LogP contribution in [0.1, 0.15) is 25.3 Å². The van der Waals surface area contributed by atoms with Gasteiger partial charge >= 0.3 is 26.2 Å². The van der Waals surface area contributed by atoms with Gasteiger partial charge in [-0.15, -0.1) is 40.6 Å². The number of halogens is 2. The molecule has 0 unspecified atom stereocenters. The van der Waals surface area contributed by atoms with Crippen LogP contribution in [0.15, 0.2) is 36.4 Å². The summed E-state index contributed by atoms with van der Waals surface area (Å²) in [6, 6.07) is 13.2. The van der Waals surface area contributed by atoms with Crippen molar-refractivity contribution in [2.24, 2.45) is 0 Å². The molecule has 0 N–H and O–H groups in total. The van der Waals surface area contributed by atoms with Crippen molar-refractivity contribution in [1.82, 2.24) is 0 Å². The predicted molar refractivity (Wildman–Crippen MR) is 75.6 cm³/mol. The van der Waals surface area contributed by atoms with Gasteiger partial charge in [-0.05, 0) is 6.42 Å². The van der Waals surface area contributed by atoms with Crippen molar-refractivity contribution in [3.05, 3.63) is 42.0 Å². The van der Waals surface area contributed by atoms with E-state index in [0.29, 0.717) is 0 Å². The van der Waals surface area contributed by atoms with Crippen LogP contribution >= 0.6 is 0 Å². The van der Waals surface area contributed by atoms with Crippen LogP contribution in [0, 0.1) is 0 Å². The van der Waals surface area contributed by atoms with Crippen LogP contribution < -0.4 is 9.41 Å². The molecule has 4 heteroatoms. The number of hydrogen-bond donors (Lipinski definition) is 0. The van der Waals surface area contributed by atoms with Gasteiger partial charge < -0.3 is 9.41 Å². The second-order valence-electron chi connectivity index (χ2n) is 4.10. The van der Waals surface area contributed by atoms with Gasteiger partial charge in [0.1, 0.15) is 0 Å². The molecule has 0 saturated carbocycles. The second-order valence-corrected chi connectivity index (χ2v) is 5.10. The first-order valence-electron chi connectivity index (χ1n) is 6.04. The topological polar surface area (TPSA) is 0 Å². The molecular weight excluding hydrogens is 337 g/mol. The van der Waals surface area contributed by atoms with Crippen LogP contribution in [0.3, 0.4) is 0 Å². The molecule has 0 atom stereocenters. The van der Waals surface area contributed by atoms with Gasteiger partial charge in [0.05, 0.1) is 0 Å². The average molecular weight is 359 g/mol. The van der Waals surface area contributed by atoms with Crippen LogP contribution in [-0.4, -0.2) is 9.52 Å². The molecule has 0 aliphatic carbocycles. The van der Waals surface area contributed by atoms with E-state index in [9.17, 15) is 0 Å². The Morgan fingerprint density at radius 1 is 1.11 bits per heavy atom. The first kappa shape index (κ1) is 23.9. The maximum Gasteiger partial charge on any atom is 3.00 e. The molecule has 0 fully saturated rings. The monoisotopic (exact) mass is 357 g/mol. The second kappa shape index (κ2) is 14.2. The number of rotatable bonds is 3. The summed E-state index contributed by atoms with van der Waals surface area (Å²) in [5.41, 5.74) is 1.49. The van der Waals surface area contributed by atoms with Gasteiger partial charge in [0.15, 0.2) is 0 Å². The van der Waals surface area contributed by atoms with Crippen LogP contribution in [0.5, 0.6) is 0 Å². The summed E-state index contributed by atoms with van der Waals surface area (Å²) in [5, 5.41) is 2.77. The molecule has 0 saturated heterocycles. The van der Waals surface area contributed by atoms with E-state index in [1.807, 2.05) is 0 Å². The number of hydrogen-bond acceptors (Lipinski definition) is 0. The summed E-state index contributed by atoms with van der Waals surface area (Å²) in [7, 11) is 1.08. The number of aryl methyl sites for hydroxylation is 1. The molecule has 103 valence electrons. The number of fused-ring (bicyclic) bond motifs is 1. The Labute approximate surface area is 137 Å². The van der Waals surface area contributed by atoms with Crippen molar-refractivity contribution in [2.45, 2.75) is 39.3 Å². The summed E-state index contributed by atoms with van der Waals surface area (Å²) in [6.45, 7) is 6.54. The molecule has 2 aromatic rings. The molecule has 0 nitrogen and oxygen atoms in total. The van der Waals surface area contributed by atoms with E-state index in [2.05, 4.69) is 56.4 Å². The Balaban J connectivity index is -0.000000393. The van der Waals surface area contributed by atoms with Crippen LogP contribution in [0.25, 0.3) is 10.8 Å². The molecule has 0 aliphatic rings. The van der Waals surface area contributed by atoms with Crippen LogP contribution in [0.2, 0.25) is 13.1 Å².